The molecule has 2 heterocycles. The van der Waals surface area contributed by atoms with Gasteiger partial charge in [0, 0.05) is 18.5 Å². The Hall–Kier alpha value is -1.38. The average molecular weight is 286 g/mol. The number of aromatic amines is 1. The number of aromatic nitrogens is 2. The van der Waals surface area contributed by atoms with E-state index in [1.54, 1.807) is 11.3 Å². The van der Waals surface area contributed by atoms with E-state index >= 15 is 0 Å². The Morgan fingerprint density at radius 1 is 1.56 bits per heavy atom. The first kappa shape index (κ1) is 13.1. The van der Waals surface area contributed by atoms with Crippen molar-refractivity contribution in [2.75, 3.05) is 19.3 Å². The molecule has 0 unspecified atom stereocenters. The van der Waals surface area contributed by atoms with Crippen molar-refractivity contribution >= 4 is 27.2 Å². The molecule has 18 heavy (non-hydrogen) atoms. The molecule has 2 rings (SSSR count). The van der Waals surface area contributed by atoms with Crippen LogP contribution in [-0.4, -0.2) is 36.5 Å². The molecule has 0 saturated carbocycles. The number of hydrogen-bond acceptors (Lipinski definition) is 5. The molecule has 0 aliphatic rings. The molecule has 3 N–H and O–H groups in total. The summed E-state index contributed by atoms with van der Waals surface area (Å²) in [5.74, 6) is 0.0676. The average Bonchev–Trinajstić information content (AvgIpc) is 2.96. The number of rotatable bonds is 5. The minimum absolute atomic E-state index is 0.0242. The molecule has 0 aromatic carbocycles. The van der Waals surface area contributed by atoms with Crippen molar-refractivity contribution in [3.05, 3.63) is 28.6 Å². The molecule has 2 aromatic heterocycles. The molecule has 0 atom stereocenters. The summed E-state index contributed by atoms with van der Waals surface area (Å²) in [6.45, 7) is 0.410. The van der Waals surface area contributed by atoms with Crippen molar-refractivity contribution < 1.29 is 8.42 Å². The standard InChI is InChI=1S/C10H14N4O2S2/c1-14(5-4-8-3-2-6-17-8)18(15,16)9-7-12-13-10(9)11/h2-3,6-7H,4-5H2,1H3,(H3,11,12,13). The van der Waals surface area contributed by atoms with Gasteiger partial charge in [-0.25, -0.2) is 12.7 Å². The van der Waals surface area contributed by atoms with Crippen molar-refractivity contribution in [1.29, 1.82) is 0 Å². The van der Waals surface area contributed by atoms with Gasteiger partial charge in [-0.05, 0) is 17.9 Å². The Kier molecular flexibility index (Phi) is 3.69. The molecule has 0 radical (unpaired) electrons. The maximum absolute atomic E-state index is 12.2. The zero-order chi connectivity index (χ0) is 13.2. The second kappa shape index (κ2) is 5.09. The van der Waals surface area contributed by atoms with Gasteiger partial charge in [0.05, 0.1) is 6.20 Å². The monoisotopic (exact) mass is 286 g/mol. The van der Waals surface area contributed by atoms with Gasteiger partial charge in [-0.15, -0.1) is 11.3 Å². The Balaban J connectivity index is 2.09. The highest BCUT2D eigenvalue weighted by molar-refractivity contribution is 7.89. The molecule has 0 spiro atoms. The third kappa shape index (κ3) is 2.55. The molecular weight excluding hydrogens is 272 g/mol. The van der Waals surface area contributed by atoms with Gasteiger partial charge in [-0.3, -0.25) is 5.10 Å². The predicted octanol–water partition coefficient (Wildman–Crippen LogP) is 0.917. The summed E-state index contributed by atoms with van der Waals surface area (Å²) in [4.78, 5) is 1.17. The SMILES string of the molecule is CN(CCc1cccs1)S(=O)(=O)c1cn[nH]c1N. The van der Waals surface area contributed by atoms with E-state index in [1.807, 2.05) is 17.5 Å². The van der Waals surface area contributed by atoms with Crippen LogP contribution in [-0.2, 0) is 16.4 Å². The van der Waals surface area contributed by atoms with Crippen LogP contribution in [0.25, 0.3) is 0 Å². The first-order valence-electron chi connectivity index (χ1n) is 5.29. The molecule has 98 valence electrons. The Morgan fingerprint density at radius 3 is 2.89 bits per heavy atom. The number of nitrogen functional groups attached to an aromatic ring is 1. The van der Waals surface area contributed by atoms with E-state index in [-0.39, 0.29) is 10.7 Å². The minimum Gasteiger partial charge on any atom is -0.383 e. The summed E-state index contributed by atoms with van der Waals surface area (Å²) in [6.07, 6.45) is 1.91. The molecule has 6 nitrogen and oxygen atoms in total. The number of thiophene rings is 1. The lowest BCUT2D eigenvalue weighted by molar-refractivity contribution is 0.474. The van der Waals surface area contributed by atoms with Crippen molar-refractivity contribution in [1.82, 2.24) is 14.5 Å². The number of nitrogens with zero attached hydrogens (tertiary/aromatic N) is 2. The summed E-state index contributed by atoms with van der Waals surface area (Å²) in [5, 5.41) is 8.02. The van der Waals surface area contributed by atoms with E-state index in [0.29, 0.717) is 13.0 Å². The number of nitrogens with one attached hydrogen (secondary N) is 1. The van der Waals surface area contributed by atoms with Gasteiger partial charge >= 0.3 is 0 Å². The summed E-state index contributed by atoms with van der Waals surface area (Å²) < 4.78 is 25.6. The molecule has 0 bridgehead atoms. The normalized spacial score (nSPS) is 12.1. The topological polar surface area (TPSA) is 92.1 Å². The number of hydrogen-bond donors (Lipinski definition) is 2. The lowest BCUT2D eigenvalue weighted by atomic mass is 10.3. The van der Waals surface area contributed by atoms with Crippen LogP contribution < -0.4 is 5.73 Å². The summed E-state index contributed by atoms with van der Waals surface area (Å²) in [7, 11) is -2.02. The second-order valence-corrected chi connectivity index (χ2v) is 6.85. The number of H-pyrrole nitrogens is 1. The fourth-order valence-corrected chi connectivity index (χ4v) is 3.38. The summed E-state index contributed by atoms with van der Waals surface area (Å²) in [5.41, 5.74) is 5.53. The Morgan fingerprint density at radius 2 is 2.33 bits per heavy atom. The molecule has 0 amide bonds. The van der Waals surface area contributed by atoms with E-state index < -0.39 is 10.0 Å². The van der Waals surface area contributed by atoms with E-state index in [2.05, 4.69) is 10.2 Å². The zero-order valence-corrected chi connectivity index (χ0v) is 11.5. The van der Waals surface area contributed by atoms with Gasteiger partial charge in [-0.2, -0.15) is 5.10 Å². The number of sulfonamides is 1. The molecule has 0 saturated heterocycles. The number of anilines is 1. The predicted molar refractivity (Wildman–Crippen MR) is 70.8 cm³/mol. The highest BCUT2D eigenvalue weighted by Crippen LogP contribution is 2.19. The largest absolute Gasteiger partial charge is 0.383 e. The first-order chi connectivity index (χ1) is 8.51. The highest BCUT2D eigenvalue weighted by Gasteiger charge is 2.24. The van der Waals surface area contributed by atoms with Gasteiger partial charge in [0.2, 0.25) is 10.0 Å². The van der Waals surface area contributed by atoms with Crippen molar-refractivity contribution in [3.63, 3.8) is 0 Å². The van der Waals surface area contributed by atoms with Crippen molar-refractivity contribution in [2.45, 2.75) is 11.3 Å². The minimum atomic E-state index is -3.56. The molecular formula is C10H14N4O2S2. The fourth-order valence-electron chi connectivity index (χ4n) is 1.50. The van der Waals surface area contributed by atoms with E-state index in [9.17, 15) is 8.42 Å². The van der Waals surface area contributed by atoms with Gasteiger partial charge in [0.25, 0.3) is 0 Å². The summed E-state index contributed by atoms with van der Waals surface area (Å²) in [6, 6.07) is 3.93. The molecule has 0 aliphatic heterocycles. The Labute approximate surface area is 109 Å². The maximum Gasteiger partial charge on any atom is 0.248 e. The third-order valence-corrected chi connectivity index (χ3v) is 5.39. The van der Waals surface area contributed by atoms with E-state index in [4.69, 9.17) is 5.73 Å². The van der Waals surface area contributed by atoms with Crippen LogP contribution in [0.2, 0.25) is 0 Å². The van der Waals surface area contributed by atoms with Crippen LogP contribution in [0.15, 0.2) is 28.6 Å². The van der Waals surface area contributed by atoms with Crippen molar-refractivity contribution in [2.24, 2.45) is 0 Å². The van der Waals surface area contributed by atoms with Gasteiger partial charge in [-0.1, -0.05) is 6.07 Å². The third-order valence-electron chi connectivity index (χ3n) is 2.57. The zero-order valence-electron chi connectivity index (χ0n) is 9.83. The van der Waals surface area contributed by atoms with Crippen LogP contribution in [0.5, 0.6) is 0 Å². The van der Waals surface area contributed by atoms with E-state index in [0.717, 1.165) is 4.88 Å². The van der Waals surface area contributed by atoms with Crippen LogP contribution in [0, 0.1) is 0 Å². The lowest BCUT2D eigenvalue weighted by Crippen LogP contribution is -2.29. The highest BCUT2D eigenvalue weighted by atomic mass is 32.2. The van der Waals surface area contributed by atoms with Gasteiger partial charge < -0.3 is 5.73 Å². The van der Waals surface area contributed by atoms with Crippen LogP contribution >= 0.6 is 11.3 Å². The van der Waals surface area contributed by atoms with Crippen LogP contribution in [0.4, 0.5) is 5.82 Å². The molecule has 0 aliphatic carbocycles. The lowest BCUT2D eigenvalue weighted by Gasteiger charge is -2.15. The van der Waals surface area contributed by atoms with Gasteiger partial charge in [0.15, 0.2) is 0 Å². The van der Waals surface area contributed by atoms with Crippen LogP contribution in [0.3, 0.4) is 0 Å². The second-order valence-electron chi connectivity index (χ2n) is 3.80. The maximum atomic E-state index is 12.2. The smallest absolute Gasteiger partial charge is 0.248 e. The van der Waals surface area contributed by atoms with Crippen LogP contribution in [0.1, 0.15) is 4.88 Å². The number of likely N-dealkylation sites (N-methyl/N-ethyl adjacent to an activating group) is 1. The quantitative estimate of drug-likeness (QED) is 0.854. The summed E-state index contributed by atoms with van der Waals surface area (Å²) >= 11 is 1.61. The Bertz CT molecular complexity index is 604. The molecule has 8 heteroatoms. The molecule has 2 aromatic rings. The van der Waals surface area contributed by atoms with E-state index in [1.165, 1.54) is 17.5 Å². The fraction of sp³-hybridized carbons (Fsp3) is 0.300. The number of nitrogens with two attached hydrogens (primary N) is 1. The molecule has 0 fully saturated rings. The van der Waals surface area contributed by atoms with Gasteiger partial charge in [0.1, 0.15) is 10.7 Å². The first-order valence-corrected chi connectivity index (χ1v) is 7.61. The van der Waals surface area contributed by atoms with Crippen molar-refractivity contribution in [3.8, 4) is 0 Å².